The van der Waals surface area contributed by atoms with Crippen LogP contribution in [0.4, 0.5) is 0 Å². The average molecular weight is 325 g/mol. The number of aromatic hydroxyl groups is 1. The van der Waals surface area contributed by atoms with Gasteiger partial charge in [0.15, 0.2) is 11.5 Å². The minimum absolute atomic E-state index is 0.0572. The van der Waals surface area contributed by atoms with Crippen molar-refractivity contribution in [2.75, 3.05) is 19.8 Å². The Kier molecular flexibility index (Phi) is 5.22. The van der Waals surface area contributed by atoms with Gasteiger partial charge in [-0.2, -0.15) is 0 Å². The fourth-order valence-corrected chi connectivity index (χ4v) is 3.14. The van der Waals surface area contributed by atoms with Crippen LogP contribution in [-0.4, -0.2) is 45.1 Å². The van der Waals surface area contributed by atoms with E-state index in [1.54, 1.807) is 18.2 Å². The van der Waals surface area contributed by atoms with Gasteiger partial charge in [0.25, 0.3) is 5.91 Å². The Morgan fingerprint density at radius 1 is 1.48 bits per heavy atom. The van der Waals surface area contributed by atoms with E-state index >= 15 is 0 Å². The second kappa shape index (κ2) is 6.93. The maximum atomic E-state index is 12.1. The number of hydrogen-bond acceptors (Lipinski definition) is 6. The number of aliphatic hydroxyl groups excluding tert-OH is 1. The highest BCUT2D eigenvalue weighted by atomic mass is 32.2. The zero-order chi connectivity index (χ0) is 15.4. The van der Waals surface area contributed by atoms with Crippen LogP contribution in [-0.2, 0) is 4.79 Å². The Hall–Kier alpha value is -1.57. The number of phenols is 1. The first-order valence-corrected chi connectivity index (χ1v) is 7.61. The number of nitrogens with zero attached hydrogens (tertiary/aromatic N) is 1. The van der Waals surface area contributed by atoms with Gasteiger partial charge in [0.05, 0.1) is 24.7 Å². The maximum Gasteiger partial charge on any atom is 0.266 e. The summed E-state index contributed by atoms with van der Waals surface area (Å²) < 4.78 is 5.74. The molecule has 112 valence electrons. The summed E-state index contributed by atoms with van der Waals surface area (Å²) in [5.74, 6) is 0.212. The third-order valence-electron chi connectivity index (χ3n) is 2.78. The van der Waals surface area contributed by atoms with Crippen LogP contribution in [0.15, 0.2) is 23.1 Å². The fraction of sp³-hybridized carbons (Fsp3) is 0.286. The minimum Gasteiger partial charge on any atom is -0.504 e. The lowest BCUT2D eigenvalue weighted by Crippen LogP contribution is -2.30. The van der Waals surface area contributed by atoms with E-state index in [1.165, 1.54) is 22.7 Å². The van der Waals surface area contributed by atoms with E-state index in [1.807, 2.05) is 6.92 Å². The van der Waals surface area contributed by atoms with Crippen LogP contribution < -0.4 is 4.74 Å². The molecule has 2 rings (SSSR count). The molecule has 1 heterocycles. The first-order valence-electron chi connectivity index (χ1n) is 6.39. The number of hydrogen-bond donors (Lipinski definition) is 2. The molecule has 0 saturated carbocycles. The molecule has 7 heteroatoms. The lowest BCUT2D eigenvalue weighted by atomic mass is 10.2. The predicted octanol–water partition coefficient (Wildman–Crippen LogP) is 1.98. The average Bonchev–Trinajstić information content (AvgIpc) is 2.71. The monoisotopic (exact) mass is 325 g/mol. The molecule has 1 aliphatic heterocycles. The Morgan fingerprint density at radius 3 is 2.90 bits per heavy atom. The van der Waals surface area contributed by atoms with Gasteiger partial charge in [-0.15, -0.1) is 0 Å². The Morgan fingerprint density at radius 2 is 2.24 bits per heavy atom. The van der Waals surface area contributed by atoms with Gasteiger partial charge in [-0.25, -0.2) is 0 Å². The van der Waals surface area contributed by atoms with E-state index in [2.05, 4.69) is 0 Å². The Labute approximate surface area is 132 Å². The summed E-state index contributed by atoms with van der Waals surface area (Å²) in [5.41, 5.74) is 0.737. The number of thioether (sulfide) groups is 1. The van der Waals surface area contributed by atoms with Crippen LogP contribution in [0.25, 0.3) is 6.08 Å². The Balaban J connectivity index is 2.26. The van der Waals surface area contributed by atoms with E-state index < -0.39 is 0 Å². The summed E-state index contributed by atoms with van der Waals surface area (Å²) in [6.45, 7) is 2.33. The van der Waals surface area contributed by atoms with Crippen molar-refractivity contribution in [1.82, 2.24) is 4.90 Å². The third kappa shape index (κ3) is 3.55. The minimum atomic E-state index is -0.218. The summed E-state index contributed by atoms with van der Waals surface area (Å²) in [4.78, 5) is 14.0. The Bertz CT molecular complexity index is 601. The predicted molar refractivity (Wildman–Crippen MR) is 86.2 cm³/mol. The quantitative estimate of drug-likeness (QED) is 0.637. The molecule has 2 N–H and O–H groups in total. The van der Waals surface area contributed by atoms with Crippen molar-refractivity contribution in [3.63, 3.8) is 0 Å². The second-order valence-corrected chi connectivity index (χ2v) is 5.89. The van der Waals surface area contributed by atoms with Crippen LogP contribution in [0.3, 0.4) is 0 Å². The molecule has 0 radical (unpaired) electrons. The molecule has 0 atom stereocenters. The van der Waals surface area contributed by atoms with E-state index in [0.717, 1.165) is 5.56 Å². The van der Waals surface area contributed by atoms with Crippen LogP contribution in [0.2, 0.25) is 0 Å². The van der Waals surface area contributed by atoms with Gasteiger partial charge in [-0.05, 0) is 30.7 Å². The number of aliphatic hydroxyl groups is 1. The standard InChI is InChI=1S/C14H15NO4S2/c1-2-19-11-7-9(3-4-10(11)17)8-12-13(18)15(5-6-16)14(20)21-12/h3-4,7-8,16-17H,2,5-6H2,1H3. The third-order valence-corrected chi connectivity index (χ3v) is 4.16. The number of phenolic OH excluding ortho intramolecular Hbond substituents is 1. The van der Waals surface area contributed by atoms with Crippen molar-refractivity contribution in [3.8, 4) is 11.5 Å². The molecule has 1 aromatic rings. The highest BCUT2D eigenvalue weighted by molar-refractivity contribution is 8.26. The molecule has 21 heavy (non-hydrogen) atoms. The molecular formula is C14H15NO4S2. The summed E-state index contributed by atoms with van der Waals surface area (Å²) >= 11 is 6.31. The van der Waals surface area contributed by atoms with Crippen LogP contribution >= 0.6 is 24.0 Å². The molecule has 0 bridgehead atoms. The van der Waals surface area contributed by atoms with E-state index in [9.17, 15) is 9.90 Å². The zero-order valence-electron chi connectivity index (χ0n) is 11.4. The molecule has 1 fully saturated rings. The van der Waals surface area contributed by atoms with Crippen molar-refractivity contribution in [1.29, 1.82) is 0 Å². The first kappa shape index (κ1) is 15.8. The second-order valence-electron chi connectivity index (χ2n) is 4.22. The van der Waals surface area contributed by atoms with Gasteiger partial charge < -0.3 is 14.9 Å². The van der Waals surface area contributed by atoms with Gasteiger partial charge in [0.2, 0.25) is 0 Å². The van der Waals surface area contributed by atoms with E-state index in [4.69, 9.17) is 22.1 Å². The lowest BCUT2D eigenvalue weighted by molar-refractivity contribution is -0.122. The van der Waals surface area contributed by atoms with Crippen LogP contribution in [0, 0.1) is 0 Å². The summed E-state index contributed by atoms with van der Waals surface area (Å²) in [5, 5.41) is 18.6. The largest absolute Gasteiger partial charge is 0.504 e. The highest BCUT2D eigenvalue weighted by Gasteiger charge is 2.31. The summed E-state index contributed by atoms with van der Waals surface area (Å²) in [7, 11) is 0. The zero-order valence-corrected chi connectivity index (χ0v) is 13.0. The van der Waals surface area contributed by atoms with Gasteiger partial charge in [0.1, 0.15) is 4.32 Å². The van der Waals surface area contributed by atoms with E-state index in [0.29, 0.717) is 21.6 Å². The molecule has 1 amide bonds. The van der Waals surface area contributed by atoms with Crippen molar-refractivity contribution < 1.29 is 19.7 Å². The van der Waals surface area contributed by atoms with Crippen LogP contribution in [0.5, 0.6) is 11.5 Å². The first-order chi connectivity index (χ1) is 10.1. The molecule has 0 unspecified atom stereocenters. The number of thiocarbonyl (C=S) groups is 1. The number of amides is 1. The summed E-state index contributed by atoms with van der Waals surface area (Å²) in [6.07, 6.45) is 1.69. The van der Waals surface area contributed by atoms with Crippen LogP contribution in [0.1, 0.15) is 12.5 Å². The topological polar surface area (TPSA) is 70.0 Å². The molecule has 0 aromatic heterocycles. The summed E-state index contributed by atoms with van der Waals surface area (Å²) in [6, 6.07) is 4.87. The van der Waals surface area contributed by atoms with E-state index in [-0.39, 0.29) is 24.8 Å². The van der Waals surface area contributed by atoms with Gasteiger partial charge >= 0.3 is 0 Å². The molecule has 1 aliphatic rings. The fourth-order valence-electron chi connectivity index (χ4n) is 1.84. The number of ether oxygens (including phenoxy) is 1. The lowest BCUT2D eigenvalue weighted by Gasteiger charge is -2.11. The van der Waals surface area contributed by atoms with Crippen molar-refractivity contribution in [2.24, 2.45) is 0 Å². The van der Waals surface area contributed by atoms with Crippen molar-refractivity contribution in [2.45, 2.75) is 6.92 Å². The number of rotatable bonds is 5. The molecule has 0 aliphatic carbocycles. The number of carbonyl (C=O) groups excluding carboxylic acids is 1. The van der Waals surface area contributed by atoms with Gasteiger partial charge in [-0.1, -0.05) is 30.0 Å². The molecular weight excluding hydrogens is 310 g/mol. The maximum absolute atomic E-state index is 12.1. The molecule has 0 spiro atoms. The molecule has 1 saturated heterocycles. The highest BCUT2D eigenvalue weighted by Crippen LogP contribution is 2.34. The van der Waals surface area contributed by atoms with Gasteiger partial charge in [0, 0.05) is 0 Å². The SMILES string of the molecule is CCOc1cc(C=C2SC(=S)N(CCO)C2=O)ccc1O. The molecule has 5 nitrogen and oxygen atoms in total. The number of β-amino-alcohol motifs (C(OH)–C–C–N with tert-alkyl or cyclic N) is 1. The smallest absolute Gasteiger partial charge is 0.266 e. The van der Waals surface area contributed by atoms with Crippen molar-refractivity contribution in [3.05, 3.63) is 28.7 Å². The normalized spacial score (nSPS) is 16.9. The number of benzene rings is 1. The number of carbonyl (C=O) groups is 1. The van der Waals surface area contributed by atoms with Crippen molar-refractivity contribution >= 4 is 40.3 Å². The van der Waals surface area contributed by atoms with Gasteiger partial charge in [-0.3, -0.25) is 9.69 Å². The molecule has 1 aromatic carbocycles.